The molecule has 3 N–H and O–H groups in total. The molecule has 2 aromatic carbocycles. The number of nitrogen functional groups attached to an aromatic ring is 1. The highest BCUT2D eigenvalue weighted by Crippen LogP contribution is 2.27. The number of amides is 1. The van der Waals surface area contributed by atoms with E-state index in [4.69, 9.17) is 5.73 Å². The first kappa shape index (κ1) is 15.0. The molecule has 0 fully saturated rings. The Labute approximate surface area is 124 Å². The molecule has 0 aromatic heterocycles. The van der Waals surface area contributed by atoms with Crippen molar-refractivity contribution in [2.75, 3.05) is 11.1 Å². The van der Waals surface area contributed by atoms with Gasteiger partial charge in [0.15, 0.2) is 0 Å². The highest BCUT2D eigenvalue weighted by molar-refractivity contribution is 5.98. The molecule has 4 heteroatoms. The van der Waals surface area contributed by atoms with Crippen LogP contribution in [0.2, 0.25) is 0 Å². The van der Waals surface area contributed by atoms with E-state index in [2.05, 4.69) is 5.32 Å². The smallest absolute Gasteiger partial charge is 0.234 e. The van der Waals surface area contributed by atoms with Gasteiger partial charge in [-0.3, -0.25) is 4.79 Å². The van der Waals surface area contributed by atoms with Crippen LogP contribution in [0.15, 0.2) is 42.5 Å². The first-order valence-corrected chi connectivity index (χ1v) is 6.74. The summed E-state index contributed by atoms with van der Waals surface area (Å²) in [5.41, 5.74) is 7.41. The lowest BCUT2D eigenvalue weighted by Crippen LogP contribution is -2.35. The van der Waals surface area contributed by atoms with Crippen LogP contribution in [-0.4, -0.2) is 5.91 Å². The second kappa shape index (κ2) is 5.56. The van der Waals surface area contributed by atoms with E-state index < -0.39 is 11.2 Å². The van der Waals surface area contributed by atoms with Crippen molar-refractivity contribution in [3.8, 4) is 0 Å². The lowest BCUT2D eigenvalue weighted by Gasteiger charge is -2.24. The van der Waals surface area contributed by atoms with E-state index in [-0.39, 0.29) is 11.6 Å². The van der Waals surface area contributed by atoms with Crippen molar-refractivity contribution >= 4 is 17.3 Å². The molecule has 0 bridgehead atoms. The molecule has 1 amide bonds. The van der Waals surface area contributed by atoms with Gasteiger partial charge in [-0.05, 0) is 56.2 Å². The Morgan fingerprint density at radius 3 is 2.38 bits per heavy atom. The number of nitrogens with one attached hydrogen (secondary N) is 1. The fourth-order valence-corrected chi connectivity index (χ4v) is 2.04. The molecule has 0 spiro atoms. The Kier molecular flexibility index (Phi) is 3.98. The van der Waals surface area contributed by atoms with Gasteiger partial charge in [0.2, 0.25) is 5.91 Å². The minimum Gasteiger partial charge on any atom is -0.399 e. The number of hydrogen-bond acceptors (Lipinski definition) is 2. The number of nitrogens with two attached hydrogens (primary N) is 1. The fraction of sp³-hybridized carbons (Fsp3) is 0.235. The molecule has 0 unspecified atom stereocenters. The van der Waals surface area contributed by atoms with Crippen molar-refractivity contribution in [3.05, 3.63) is 59.4 Å². The number of hydrogen-bond donors (Lipinski definition) is 2. The summed E-state index contributed by atoms with van der Waals surface area (Å²) in [6, 6.07) is 11.7. The number of carbonyl (C=O) groups excluding carboxylic acids is 1. The van der Waals surface area contributed by atoms with Gasteiger partial charge in [-0.2, -0.15) is 0 Å². The van der Waals surface area contributed by atoms with Gasteiger partial charge < -0.3 is 11.1 Å². The topological polar surface area (TPSA) is 55.1 Å². The maximum atomic E-state index is 13.7. The fourth-order valence-electron chi connectivity index (χ4n) is 2.04. The molecule has 0 heterocycles. The quantitative estimate of drug-likeness (QED) is 0.846. The second-order valence-electron chi connectivity index (χ2n) is 5.68. The molecule has 2 rings (SSSR count). The lowest BCUT2D eigenvalue weighted by molar-refractivity contribution is -0.120. The summed E-state index contributed by atoms with van der Waals surface area (Å²) < 4.78 is 13.7. The average molecular weight is 286 g/mol. The van der Waals surface area contributed by atoms with Gasteiger partial charge in [0, 0.05) is 5.69 Å². The molecule has 0 saturated carbocycles. The minimum atomic E-state index is -0.788. The van der Waals surface area contributed by atoms with E-state index in [9.17, 15) is 9.18 Å². The van der Waals surface area contributed by atoms with Gasteiger partial charge in [0.25, 0.3) is 0 Å². The first-order chi connectivity index (χ1) is 9.80. The Hall–Kier alpha value is -2.36. The van der Waals surface area contributed by atoms with Crippen LogP contribution in [0.25, 0.3) is 0 Å². The minimum absolute atomic E-state index is 0.198. The summed E-state index contributed by atoms with van der Waals surface area (Å²) in [4.78, 5) is 12.5. The van der Waals surface area contributed by atoms with Crippen molar-refractivity contribution < 1.29 is 9.18 Å². The SMILES string of the molecule is Cc1ccc(F)c(NC(=O)C(C)(C)c2ccc(N)cc2)c1. The summed E-state index contributed by atoms with van der Waals surface area (Å²) in [7, 11) is 0. The maximum Gasteiger partial charge on any atom is 0.234 e. The van der Waals surface area contributed by atoms with Crippen LogP contribution in [0.5, 0.6) is 0 Å². The van der Waals surface area contributed by atoms with Gasteiger partial charge in [0.1, 0.15) is 5.82 Å². The standard InChI is InChI=1S/C17H19FN2O/c1-11-4-9-14(18)15(10-11)20-16(21)17(2,3)12-5-7-13(19)8-6-12/h4-10H,19H2,1-3H3,(H,20,21). The summed E-state index contributed by atoms with van der Waals surface area (Å²) in [6.07, 6.45) is 0. The monoisotopic (exact) mass is 286 g/mol. The predicted molar refractivity (Wildman–Crippen MR) is 83.6 cm³/mol. The number of benzene rings is 2. The zero-order valence-electron chi connectivity index (χ0n) is 12.4. The van der Waals surface area contributed by atoms with Crippen molar-refractivity contribution in [2.24, 2.45) is 0 Å². The molecule has 0 aliphatic rings. The largest absolute Gasteiger partial charge is 0.399 e. The summed E-state index contributed by atoms with van der Waals surface area (Å²) in [5, 5.41) is 2.66. The van der Waals surface area contributed by atoms with Crippen LogP contribution in [0.1, 0.15) is 25.0 Å². The molecule has 3 nitrogen and oxygen atoms in total. The normalized spacial score (nSPS) is 11.2. The molecule has 110 valence electrons. The summed E-state index contributed by atoms with van der Waals surface area (Å²) in [5.74, 6) is -0.709. The predicted octanol–water partition coefficient (Wildman–Crippen LogP) is 3.63. The van der Waals surface area contributed by atoms with E-state index in [1.165, 1.54) is 6.07 Å². The number of halogens is 1. The lowest BCUT2D eigenvalue weighted by atomic mass is 9.83. The molecule has 0 radical (unpaired) electrons. The van der Waals surface area contributed by atoms with Crippen LogP contribution in [-0.2, 0) is 10.2 Å². The molecule has 2 aromatic rings. The van der Waals surface area contributed by atoms with Crippen LogP contribution in [0, 0.1) is 12.7 Å². The van der Waals surface area contributed by atoms with E-state index in [0.29, 0.717) is 5.69 Å². The van der Waals surface area contributed by atoms with Crippen LogP contribution in [0.4, 0.5) is 15.8 Å². The Morgan fingerprint density at radius 2 is 1.76 bits per heavy atom. The van der Waals surface area contributed by atoms with Gasteiger partial charge in [-0.15, -0.1) is 0 Å². The van der Waals surface area contributed by atoms with Gasteiger partial charge in [0.05, 0.1) is 11.1 Å². The zero-order valence-corrected chi connectivity index (χ0v) is 12.4. The number of rotatable bonds is 3. The van der Waals surface area contributed by atoms with Gasteiger partial charge in [-0.1, -0.05) is 18.2 Å². The van der Waals surface area contributed by atoms with Gasteiger partial charge in [-0.25, -0.2) is 4.39 Å². The molecule has 0 aliphatic heterocycles. The molecular formula is C17H19FN2O. The first-order valence-electron chi connectivity index (χ1n) is 6.74. The molecule has 0 atom stereocenters. The van der Waals surface area contributed by atoms with E-state index >= 15 is 0 Å². The number of anilines is 2. The maximum absolute atomic E-state index is 13.7. The Morgan fingerprint density at radius 1 is 1.14 bits per heavy atom. The molecular weight excluding hydrogens is 267 g/mol. The number of carbonyl (C=O) groups is 1. The van der Waals surface area contributed by atoms with Crippen molar-refractivity contribution in [1.29, 1.82) is 0 Å². The third-order valence-electron chi connectivity index (χ3n) is 3.57. The third-order valence-corrected chi connectivity index (χ3v) is 3.57. The Bertz CT molecular complexity index is 663. The van der Waals surface area contributed by atoms with E-state index in [0.717, 1.165) is 11.1 Å². The third kappa shape index (κ3) is 3.21. The summed E-state index contributed by atoms with van der Waals surface area (Å²) in [6.45, 7) is 5.43. The highest BCUT2D eigenvalue weighted by Gasteiger charge is 2.30. The number of aryl methyl sites for hydroxylation is 1. The van der Waals surface area contributed by atoms with E-state index in [1.807, 2.05) is 19.1 Å². The zero-order chi connectivity index (χ0) is 15.6. The molecule has 0 aliphatic carbocycles. The second-order valence-corrected chi connectivity index (χ2v) is 5.68. The summed E-state index contributed by atoms with van der Waals surface area (Å²) >= 11 is 0. The van der Waals surface area contributed by atoms with Crippen LogP contribution >= 0.6 is 0 Å². The van der Waals surface area contributed by atoms with Gasteiger partial charge >= 0.3 is 0 Å². The van der Waals surface area contributed by atoms with Crippen molar-refractivity contribution in [1.82, 2.24) is 0 Å². The highest BCUT2D eigenvalue weighted by atomic mass is 19.1. The van der Waals surface area contributed by atoms with Crippen LogP contribution in [0.3, 0.4) is 0 Å². The van der Waals surface area contributed by atoms with E-state index in [1.54, 1.807) is 38.1 Å². The molecule has 0 saturated heterocycles. The van der Waals surface area contributed by atoms with Crippen molar-refractivity contribution in [2.45, 2.75) is 26.2 Å². The Balaban J connectivity index is 2.26. The molecule has 21 heavy (non-hydrogen) atoms. The average Bonchev–Trinajstić information content (AvgIpc) is 2.43. The van der Waals surface area contributed by atoms with Crippen molar-refractivity contribution in [3.63, 3.8) is 0 Å². The van der Waals surface area contributed by atoms with Crippen LogP contribution < -0.4 is 11.1 Å².